The number of carbonyl (C=O) groups excluding carboxylic acids is 1. The molecule has 5 nitrogen and oxygen atoms in total. The Morgan fingerprint density at radius 3 is 2.79 bits per heavy atom. The molecule has 2 aromatic rings. The molecule has 4 rings (SSSR count). The van der Waals surface area contributed by atoms with Gasteiger partial charge in [0.25, 0.3) is 5.91 Å². The van der Waals surface area contributed by atoms with Gasteiger partial charge in [-0.15, -0.1) is 0 Å². The van der Waals surface area contributed by atoms with Gasteiger partial charge in [-0.1, -0.05) is 29.3 Å². The van der Waals surface area contributed by atoms with Crippen LogP contribution in [0.1, 0.15) is 30.0 Å². The summed E-state index contributed by atoms with van der Waals surface area (Å²) >= 11 is 12.5. The first-order chi connectivity index (χ1) is 13.5. The molecule has 1 amide bonds. The molecule has 1 fully saturated rings. The van der Waals surface area contributed by atoms with Crippen LogP contribution >= 0.6 is 23.2 Å². The number of fused-ring (bicyclic) bond motifs is 1. The first-order valence-electron chi connectivity index (χ1n) is 9.51. The van der Waals surface area contributed by atoms with Gasteiger partial charge in [0.1, 0.15) is 19.3 Å². The van der Waals surface area contributed by atoms with Crippen LogP contribution in [0.5, 0.6) is 11.5 Å². The number of ether oxygens (including phenoxy) is 2. The average Bonchev–Trinajstić information content (AvgIpc) is 3.16. The van der Waals surface area contributed by atoms with Crippen LogP contribution < -0.4 is 19.7 Å². The largest absolute Gasteiger partial charge is 0.486 e. The maximum atomic E-state index is 12.7. The van der Waals surface area contributed by atoms with E-state index in [9.17, 15) is 4.79 Å². The van der Waals surface area contributed by atoms with Crippen molar-refractivity contribution < 1.29 is 19.2 Å². The second kappa shape index (κ2) is 8.19. The van der Waals surface area contributed by atoms with Crippen LogP contribution in [-0.2, 0) is 4.79 Å². The summed E-state index contributed by atoms with van der Waals surface area (Å²) in [4.78, 5) is 13.9. The lowest BCUT2D eigenvalue weighted by Gasteiger charge is -2.24. The summed E-state index contributed by atoms with van der Waals surface area (Å²) in [6, 6.07) is 9.94. The smallest absolute Gasteiger partial charge is 0.279 e. The minimum atomic E-state index is -0.0890. The number of benzene rings is 2. The van der Waals surface area contributed by atoms with E-state index in [1.165, 1.54) is 10.5 Å². The van der Waals surface area contributed by atoms with Crippen molar-refractivity contribution in [2.45, 2.75) is 25.8 Å². The lowest BCUT2D eigenvalue weighted by Crippen LogP contribution is -3.11. The minimum Gasteiger partial charge on any atom is -0.486 e. The molecule has 148 valence electrons. The van der Waals surface area contributed by atoms with Crippen LogP contribution in [0.15, 0.2) is 30.3 Å². The topological polar surface area (TPSA) is 52.0 Å². The van der Waals surface area contributed by atoms with E-state index < -0.39 is 0 Å². The Morgan fingerprint density at radius 1 is 1.18 bits per heavy atom. The molecule has 2 atom stereocenters. The number of halogens is 2. The van der Waals surface area contributed by atoms with Crippen LogP contribution in [0.25, 0.3) is 0 Å². The van der Waals surface area contributed by atoms with Gasteiger partial charge >= 0.3 is 0 Å². The molecule has 7 heteroatoms. The third kappa shape index (κ3) is 3.93. The first kappa shape index (κ1) is 19.4. The number of aryl methyl sites for hydroxylation is 1. The molecule has 1 unspecified atom stereocenters. The van der Waals surface area contributed by atoms with E-state index in [1.807, 2.05) is 19.1 Å². The number of amides is 1. The number of quaternary nitrogens is 1. The van der Waals surface area contributed by atoms with Gasteiger partial charge in [-0.25, -0.2) is 0 Å². The van der Waals surface area contributed by atoms with Crippen molar-refractivity contribution >= 4 is 34.8 Å². The van der Waals surface area contributed by atoms with Gasteiger partial charge in [0.05, 0.1) is 22.3 Å². The highest BCUT2D eigenvalue weighted by atomic mass is 35.5. The normalized spacial score (nSPS) is 20.8. The van der Waals surface area contributed by atoms with Crippen molar-refractivity contribution in [1.82, 2.24) is 0 Å². The molecule has 0 aliphatic carbocycles. The van der Waals surface area contributed by atoms with Gasteiger partial charge in [-0.3, -0.25) is 4.79 Å². The zero-order valence-electron chi connectivity index (χ0n) is 15.7. The summed E-state index contributed by atoms with van der Waals surface area (Å²) in [7, 11) is 0. The Balaban J connectivity index is 1.47. The van der Waals surface area contributed by atoms with Crippen LogP contribution in [0.2, 0.25) is 10.0 Å². The van der Waals surface area contributed by atoms with E-state index in [4.69, 9.17) is 32.7 Å². The number of hydrogen-bond acceptors (Lipinski definition) is 3. The molecule has 0 radical (unpaired) electrons. The molecule has 2 aromatic carbocycles. The zero-order valence-corrected chi connectivity index (χ0v) is 17.2. The standard InChI is InChI=1S/C21H22Cl2N2O3/c1-13-4-6-15(22)21(20(13)23)24-19(26)12-25-8-2-3-16(25)14-5-7-17-18(11-14)28-10-9-27-17/h4-7,11,16H,2-3,8-10,12H2,1H3,(H,24,26)/p+1/t16-/m1/s1. The molecular weight excluding hydrogens is 399 g/mol. The molecule has 0 bridgehead atoms. The Labute approximate surface area is 174 Å². The maximum Gasteiger partial charge on any atom is 0.279 e. The average molecular weight is 422 g/mol. The quantitative estimate of drug-likeness (QED) is 0.794. The molecule has 28 heavy (non-hydrogen) atoms. The fourth-order valence-electron chi connectivity index (χ4n) is 3.96. The summed E-state index contributed by atoms with van der Waals surface area (Å²) < 4.78 is 11.3. The number of likely N-dealkylation sites (tertiary alicyclic amines) is 1. The first-order valence-corrected chi connectivity index (χ1v) is 10.3. The molecule has 2 heterocycles. The molecule has 1 saturated heterocycles. The lowest BCUT2D eigenvalue weighted by molar-refractivity contribution is -0.910. The van der Waals surface area contributed by atoms with Crippen molar-refractivity contribution in [2.75, 3.05) is 31.6 Å². The molecule has 0 spiro atoms. The molecule has 2 N–H and O–H groups in total. The van der Waals surface area contributed by atoms with Crippen molar-refractivity contribution in [2.24, 2.45) is 0 Å². The van der Waals surface area contributed by atoms with Gasteiger partial charge in [0, 0.05) is 18.4 Å². The maximum absolute atomic E-state index is 12.7. The fourth-order valence-corrected chi connectivity index (χ4v) is 4.43. The Morgan fingerprint density at radius 2 is 1.96 bits per heavy atom. The summed E-state index contributed by atoms with van der Waals surface area (Å²) in [5.74, 6) is 1.49. The molecule has 0 saturated carbocycles. The molecular formula is C21H23Cl2N2O3+. The summed E-state index contributed by atoms with van der Waals surface area (Å²) in [5, 5.41) is 3.83. The van der Waals surface area contributed by atoms with Crippen molar-refractivity contribution in [1.29, 1.82) is 0 Å². The number of nitrogens with one attached hydrogen (secondary N) is 2. The van der Waals surface area contributed by atoms with Crippen LogP contribution in [0.3, 0.4) is 0 Å². The lowest BCUT2D eigenvalue weighted by atomic mass is 10.0. The Kier molecular flexibility index (Phi) is 5.67. The van der Waals surface area contributed by atoms with Gasteiger partial charge in [-0.2, -0.15) is 0 Å². The highest BCUT2D eigenvalue weighted by Crippen LogP contribution is 2.34. The second-order valence-electron chi connectivity index (χ2n) is 7.28. The highest BCUT2D eigenvalue weighted by Gasteiger charge is 2.32. The summed E-state index contributed by atoms with van der Waals surface area (Å²) in [6.45, 7) is 4.34. The molecule has 0 aromatic heterocycles. The summed E-state index contributed by atoms with van der Waals surface area (Å²) in [5.41, 5.74) is 2.54. The Bertz CT molecular complexity index is 903. The van der Waals surface area contributed by atoms with E-state index in [-0.39, 0.29) is 11.9 Å². The van der Waals surface area contributed by atoms with Crippen LogP contribution in [-0.4, -0.2) is 32.2 Å². The SMILES string of the molecule is Cc1ccc(Cl)c(NC(=O)C[NH+]2CCC[C@@H]2c2ccc3c(c2)OCCO3)c1Cl. The number of anilines is 1. The summed E-state index contributed by atoms with van der Waals surface area (Å²) in [6.07, 6.45) is 2.11. The fraction of sp³-hybridized carbons (Fsp3) is 0.381. The minimum absolute atomic E-state index is 0.0890. The van der Waals surface area contributed by atoms with E-state index in [0.29, 0.717) is 35.5 Å². The second-order valence-corrected chi connectivity index (χ2v) is 8.07. The molecule has 2 aliphatic heterocycles. The number of rotatable bonds is 4. The van der Waals surface area contributed by atoms with Crippen molar-refractivity contribution in [3.8, 4) is 11.5 Å². The van der Waals surface area contributed by atoms with E-state index in [1.54, 1.807) is 6.07 Å². The van der Waals surface area contributed by atoms with Gasteiger partial charge in [0.15, 0.2) is 18.0 Å². The number of carbonyl (C=O) groups is 1. The zero-order chi connectivity index (χ0) is 19.7. The van der Waals surface area contributed by atoms with Gasteiger partial charge in [0.2, 0.25) is 0 Å². The Hall–Kier alpha value is -1.95. The predicted octanol–water partition coefficient (Wildman–Crippen LogP) is 3.43. The predicted molar refractivity (Wildman–Crippen MR) is 110 cm³/mol. The highest BCUT2D eigenvalue weighted by molar-refractivity contribution is 6.40. The van der Waals surface area contributed by atoms with Crippen molar-refractivity contribution in [3.63, 3.8) is 0 Å². The third-order valence-corrected chi connectivity index (χ3v) is 6.19. The third-order valence-electron chi connectivity index (χ3n) is 5.39. The van der Waals surface area contributed by atoms with Crippen LogP contribution in [0, 0.1) is 6.92 Å². The van der Waals surface area contributed by atoms with Crippen LogP contribution in [0.4, 0.5) is 5.69 Å². The van der Waals surface area contributed by atoms with Crippen molar-refractivity contribution in [3.05, 3.63) is 51.5 Å². The van der Waals surface area contributed by atoms with Gasteiger partial charge < -0.3 is 19.7 Å². The van der Waals surface area contributed by atoms with E-state index in [2.05, 4.69) is 17.4 Å². The monoisotopic (exact) mass is 421 g/mol. The van der Waals surface area contributed by atoms with Gasteiger partial charge in [-0.05, 0) is 36.8 Å². The molecule has 2 aliphatic rings. The van der Waals surface area contributed by atoms with E-state index >= 15 is 0 Å². The number of hydrogen-bond donors (Lipinski definition) is 2. The van der Waals surface area contributed by atoms with E-state index in [0.717, 1.165) is 36.4 Å².